The minimum atomic E-state index is -0.941. The summed E-state index contributed by atoms with van der Waals surface area (Å²) in [5.74, 6) is -0.941. The lowest BCUT2D eigenvalue weighted by Crippen LogP contribution is -1.95. The van der Waals surface area contributed by atoms with Gasteiger partial charge in [0.1, 0.15) is 5.15 Å². The molecule has 18 heavy (non-hydrogen) atoms. The van der Waals surface area contributed by atoms with Crippen molar-refractivity contribution in [3.63, 3.8) is 0 Å². The Balaban J connectivity index is 2.73. The van der Waals surface area contributed by atoms with E-state index in [0.717, 1.165) is 22.0 Å². The summed E-state index contributed by atoms with van der Waals surface area (Å²) in [6, 6.07) is 3.97. The lowest BCUT2D eigenvalue weighted by Gasteiger charge is -2.01. The first-order chi connectivity index (χ1) is 8.41. The zero-order valence-corrected chi connectivity index (χ0v) is 11.2. The van der Waals surface area contributed by atoms with Crippen molar-refractivity contribution >= 4 is 34.5 Å². The Hall–Kier alpha value is -1.74. The quantitative estimate of drug-likeness (QED) is 0.807. The van der Waals surface area contributed by atoms with E-state index in [-0.39, 0.29) is 5.57 Å². The number of aryl methyl sites for hydroxylation is 2. The van der Waals surface area contributed by atoms with E-state index in [1.165, 1.54) is 5.56 Å². The van der Waals surface area contributed by atoms with Crippen LogP contribution >= 0.6 is 11.6 Å². The molecule has 0 fully saturated rings. The molecule has 0 saturated carbocycles. The summed E-state index contributed by atoms with van der Waals surface area (Å²) in [5, 5.41) is 10.3. The van der Waals surface area contributed by atoms with Crippen molar-refractivity contribution in [1.82, 2.24) is 4.98 Å². The zero-order valence-electron chi connectivity index (χ0n) is 10.5. The van der Waals surface area contributed by atoms with Crippen molar-refractivity contribution in [1.29, 1.82) is 0 Å². The molecule has 0 aliphatic rings. The van der Waals surface area contributed by atoms with Crippen LogP contribution in [0.1, 0.15) is 23.6 Å². The van der Waals surface area contributed by atoms with Gasteiger partial charge in [-0.3, -0.25) is 0 Å². The van der Waals surface area contributed by atoms with E-state index in [2.05, 4.69) is 4.98 Å². The van der Waals surface area contributed by atoms with Crippen LogP contribution in [0.25, 0.3) is 17.0 Å². The molecule has 4 heteroatoms. The fourth-order valence-electron chi connectivity index (χ4n) is 1.92. The molecule has 1 aromatic carbocycles. The third kappa shape index (κ3) is 2.02. The lowest BCUT2D eigenvalue weighted by atomic mass is 10.0. The number of benzene rings is 1. The highest BCUT2D eigenvalue weighted by Crippen LogP contribution is 2.31. The molecule has 0 saturated heterocycles. The van der Waals surface area contributed by atoms with Crippen molar-refractivity contribution in [3.05, 3.63) is 39.5 Å². The number of H-pyrrole nitrogens is 1. The number of aromatic amines is 1. The number of aromatic nitrogens is 1. The van der Waals surface area contributed by atoms with Gasteiger partial charge in [0.05, 0.1) is 5.52 Å². The van der Waals surface area contributed by atoms with E-state index < -0.39 is 5.97 Å². The van der Waals surface area contributed by atoms with Crippen molar-refractivity contribution in [2.45, 2.75) is 20.8 Å². The standard InChI is InChI=1S/C14H14ClNO2/c1-7-4-5-10-11(6-8(2)14(17)18)13(15)16-12(10)9(7)3/h4-6,16H,1-3H3,(H,17,18)/b8-6+. The Kier molecular flexibility index (Phi) is 3.18. The maximum absolute atomic E-state index is 10.9. The Bertz CT molecular complexity index is 668. The van der Waals surface area contributed by atoms with E-state index in [1.807, 2.05) is 26.0 Å². The van der Waals surface area contributed by atoms with E-state index >= 15 is 0 Å². The first kappa shape index (κ1) is 12.7. The summed E-state index contributed by atoms with van der Waals surface area (Å²) in [6.07, 6.45) is 1.60. The molecular formula is C14H14ClNO2. The molecule has 2 N–H and O–H groups in total. The van der Waals surface area contributed by atoms with Crippen LogP contribution in [0.3, 0.4) is 0 Å². The van der Waals surface area contributed by atoms with E-state index in [0.29, 0.717) is 5.15 Å². The minimum Gasteiger partial charge on any atom is -0.478 e. The Morgan fingerprint density at radius 2 is 2.06 bits per heavy atom. The van der Waals surface area contributed by atoms with Gasteiger partial charge in [-0.2, -0.15) is 0 Å². The predicted molar refractivity (Wildman–Crippen MR) is 74.1 cm³/mol. The number of aliphatic carboxylic acids is 1. The van der Waals surface area contributed by atoms with Crippen LogP contribution in [0.2, 0.25) is 5.15 Å². The molecule has 1 aromatic heterocycles. The van der Waals surface area contributed by atoms with Crippen molar-refractivity contribution in [3.8, 4) is 0 Å². The molecule has 0 atom stereocenters. The smallest absolute Gasteiger partial charge is 0.331 e. The van der Waals surface area contributed by atoms with Crippen molar-refractivity contribution in [2.24, 2.45) is 0 Å². The van der Waals surface area contributed by atoms with Gasteiger partial charge in [-0.1, -0.05) is 23.7 Å². The molecule has 0 bridgehead atoms. The van der Waals surface area contributed by atoms with Gasteiger partial charge < -0.3 is 10.1 Å². The van der Waals surface area contributed by atoms with Gasteiger partial charge in [0, 0.05) is 16.5 Å². The number of carboxylic acid groups (broad SMARTS) is 1. The first-order valence-electron chi connectivity index (χ1n) is 5.60. The fraction of sp³-hybridized carbons (Fsp3) is 0.214. The van der Waals surface area contributed by atoms with Crippen LogP contribution in [0.4, 0.5) is 0 Å². The Morgan fingerprint density at radius 1 is 1.39 bits per heavy atom. The largest absolute Gasteiger partial charge is 0.478 e. The van der Waals surface area contributed by atoms with Gasteiger partial charge >= 0.3 is 5.97 Å². The highest BCUT2D eigenvalue weighted by atomic mass is 35.5. The third-order valence-corrected chi connectivity index (χ3v) is 3.49. The number of rotatable bonds is 2. The zero-order chi connectivity index (χ0) is 13.4. The van der Waals surface area contributed by atoms with E-state index in [4.69, 9.17) is 16.7 Å². The maximum Gasteiger partial charge on any atom is 0.331 e. The number of carboxylic acids is 1. The van der Waals surface area contributed by atoms with Crippen LogP contribution in [0.5, 0.6) is 0 Å². The monoisotopic (exact) mass is 263 g/mol. The summed E-state index contributed by atoms with van der Waals surface area (Å²) in [5.41, 5.74) is 4.25. The predicted octanol–water partition coefficient (Wildman–Crippen LogP) is 3.93. The van der Waals surface area contributed by atoms with Gasteiger partial charge in [0.25, 0.3) is 0 Å². The lowest BCUT2D eigenvalue weighted by molar-refractivity contribution is -0.132. The van der Waals surface area contributed by atoms with Gasteiger partial charge in [-0.15, -0.1) is 0 Å². The number of carbonyl (C=O) groups is 1. The van der Waals surface area contributed by atoms with Crippen LogP contribution in [-0.2, 0) is 4.79 Å². The summed E-state index contributed by atoms with van der Waals surface area (Å²) < 4.78 is 0. The van der Waals surface area contributed by atoms with Gasteiger partial charge in [0.15, 0.2) is 0 Å². The third-order valence-electron chi connectivity index (χ3n) is 3.20. The second-order valence-electron chi connectivity index (χ2n) is 4.42. The average Bonchev–Trinajstić information content (AvgIpc) is 2.62. The van der Waals surface area contributed by atoms with Crippen LogP contribution in [0, 0.1) is 13.8 Å². The van der Waals surface area contributed by atoms with Crippen molar-refractivity contribution < 1.29 is 9.90 Å². The molecule has 0 unspecified atom stereocenters. The van der Waals surface area contributed by atoms with Gasteiger partial charge in [-0.05, 0) is 38.0 Å². The van der Waals surface area contributed by atoms with Gasteiger partial charge in [0.2, 0.25) is 0 Å². The molecule has 2 aromatic rings. The fourth-order valence-corrected chi connectivity index (χ4v) is 2.17. The van der Waals surface area contributed by atoms with Crippen molar-refractivity contribution in [2.75, 3.05) is 0 Å². The maximum atomic E-state index is 10.9. The summed E-state index contributed by atoms with van der Waals surface area (Å²) >= 11 is 6.15. The van der Waals surface area contributed by atoms with Crippen LogP contribution in [-0.4, -0.2) is 16.1 Å². The number of halogens is 1. The minimum absolute atomic E-state index is 0.260. The molecule has 1 heterocycles. The molecule has 0 amide bonds. The highest BCUT2D eigenvalue weighted by molar-refractivity contribution is 6.33. The molecule has 94 valence electrons. The normalized spacial score (nSPS) is 12.1. The molecule has 0 aliphatic carbocycles. The SMILES string of the molecule is C/C(=C\c1c(Cl)[nH]c2c(C)c(C)ccc12)C(=O)O. The number of nitrogens with one attached hydrogen (secondary N) is 1. The molecule has 0 aliphatic heterocycles. The first-order valence-corrected chi connectivity index (χ1v) is 5.98. The summed E-state index contributed by atoms with van der Waals surface area (Å²) in [7, 11) is 0. The number of hydrogen-bond donors (Lipinski definition) is 2. The second-order valence-corrected chi connectivity index (χ2v) is 4.79. The van der Waals surface area contributed by atoms with E-state index in [9.17, 15) is 4.79 Å². The van der Waals surface area contributed by atoms with Gasteiger partial charge in [-0.25, -0.2) is 4.79 Å². The topological polar surface area (TPSA) is 53.1 Å². The van der Waals surface area contributed by atoms with Crippen LogP contribution < -0.4 is 0 Å². The van der Waals surface area contributed by atoms with E-state index in [1.54, 1.807) is 13.0 Å². The molecule has 2 rings (SSSR count). The Labute approximate surface area is 110 Å². The summed E-state index contributed by atoms with van der Waals surface area (Å²) in [4.78, 5) is 14.0. The van der Waals surface area contributed by atoms with Crippen LogP contribution in [0.15, 0.2) is 17.7 Å². The molecule has 0 radical (unpaired) electrons. The summed E-state index contributed by atoms with van der Waals surface area (Å²) in [6.45, 7) is 5.60. The average molecular weight is 264 g/mol. The number of hydrogen-bond acceptors (Lipinski definition) is 1. The second kappa shape index (κ2) is 4.50. The molecular weight excluding hydrogens is 250 g/mol. The highest BCUT2D eigenvalue weighted by Gasteiger charge is 2.12. The molecule has 0 spiro atoms. The molecule has 3 nitrogen and oxygen atoms in total. The number of fused-ring (bicyclic) bond motifs is 1. The Morgan fingerprint density at radius 3 is 2.67 bits per heavy atom.